The van der Waals surface area contributed by atoms with E-state index in [9.17, 15) is 0 Å². The second-order valence-electron chi connectivity index (χ2n) is 5.71. The Kier molecular flexibility index (Phi) is 5.73. The highest BCUT2D eigenvalue weighted by atomic mass is 16.5. The molecule has 1 rings (SSSR count). The van der Waals surface area contributed by atoms with E-state index in [1.165, 1.54) is 12.8 Å². The van der Waals surface area contributed by atoms with Crippen LogP contribution in [0.3, 0.4) is 0 Å². The van der Waals surface area contributed by atoms with Gasteiger partial charge in [0.25, 0.3) is 0 Å². The molecule has 1 aliphatic rings. The summed E-state index contributed by atoms with van der Waals surface area (Å²) >= 11 is 0. The highest BCUT2D eigenvalue weighted by molar-refractivity contribution is 4.81. The van der Waals surface area contributed by atoms with E-state index in [1.54, 1.807) is 0 Å². The molecule has 0 saturated carbocycles. The van der Waals surface area contributed by atoms with Crippen molar-refractivity contribution in [1.82, 2.24) is 5.32 Å². The Morgan fingerprint density at radius 2 is 2.19 bits per heavy atom. The predicted octanol–water partition coefficient (Wildman–Crippen LogP) is 2.21. The van der Waals surface area contributed by atoms with Crippen LogP contribution < -0.4 is 5.32 Å². The van der Waals surface area contributed by atoms with Crippen molar-refractivity contribution in [2.24, 2.45) is 5.92 Å². The van der Waals surface area contributed by atoms with Crippen molar-refractivity contribution in [1.29, 1.82) is 0 Å². The Morgan fingerprint density at radius 3 is 2.75 bits per heavy atom. The molecule has 1 fully saturated rings. The average Bonchev–Trinajstić information content (AvgIpc) is 2.51. The summed E-state index contributed by atoms with van der Waals surface area (Å²) in [6.45, 7) is 12.2. The molecule has 0 aliphatic carbocycles. The monoisotopic (exact) mass is 229 g/mol. The van der Waals surface area contributed by atoms with Gasteiger partial charge in [-0.15, -0.1) is 0 Å². The van der Waals surface area contributed by atoms with Gasteiger partial charge in [-0.1, -0.05) is 13.8 Å². The third kappa shape index (κ3) is 5.83. The van der Waals surface area contributed by atoms with E-state index < -0.39 is 0 Å². The summed E-state index contributed by atoms with van der Waals surface area (Å²) in [6, 6.07) is 0. The zero-order valence-electron chi connectivity index (χ0n) is 11.2. The fraction of sp³-hybridized carbons (Fsp3) is 1.00. The minimum absolute atomic E-state index is 0.0838. The van der Waals surface area contributed by atoms with Crippen molar-refractivity contribution in [3.8, 4) is 0 Å². The molecule has 1 N–H and O–H groups in total. The molecule has 0 spiro atoms. The lowest BCUT2D eigenvalue weighted by atomic mass is 10.1. The zero-order valence-corrected chi connectivity index (χ0v) is 11.2. The fourth-order valence-corrected chi connectivity index (χ4v) is 1.95. The van der Waals surface area contributed by atoms with Crippen molar-refractivity contribution in [2.75, 3.05) is 26.3 Å². The average molecular weight is 229 g/mol. The van der Waals surface area contributed by atoms with Crippen molar-refractivity contribution in [3.05, 3.63) is 0 Å². The summed E-state index contributed by atoms with van der Waals surface area (Å²) in [5, 5.41) is 3.39. The van der Waals surface area contributed by atoms with E-state index in [0.29, 0.717) is 12.0 Å². The van der Waals surface area contributed by atoms with Crippen LogP contribution in [0.15, 0.2) is 0 Å². The van der Waals surface area contributed by atoms with Gasteiger partial charge in [-0.05, 0) is 32.6 Å². The first-order valence-electron chi connectivity index (χ1n) is 6.46. The summed E-state index contributed by atoms with van der Waals surface area (Å²) in [5.74, 6) is 0.624. The normalized spacial score (nSPS) is 24.2. The van der Waals surface area contributed by atoms with Gasteiger partial charge < -0.3 is 14.8 Å². The maximum absolute atomic E-state index is 5.89. The van der Waals surface area contributed by atoms with Gasteiger partial charge >= 0.3 is 0 Å². The van der Waals surface area contributed by atoms with E-state index >= 15 is 0 Å². The summed E-state index contributed by atoms with van der Waals surface area (Å²) in [5.41, 5.74) is 0.0838. The molecule has 1 unspecified atom stereocenters. The van der Waals surface area contributed by atoms with Crippen molar-refractivity contribution in [2.45, 2.75) is 52.2 Å². The number of rotatable bonds is 7. The molecular weight excluding hydrogens is 202 g/mol. The zero-order chi connectivity index (χ0) is 12.0. The third-order valence-electron chi connectivity index (χ3n) is 2.80. The summed E-state index contributed by atoms with van der Waals surface area (Å²) in [7, 11) is 0. The van der Waals surface area contributed by atoms with Crippen LogP contribution in [0.2, 0.25) is 0 Å². The maximum atomic E-state index is 5.89. The highest BCUT2D eigenvalue weighted by Gasteiger charge is 2.30. The largest absolute Gasteiger partial charge is 0.380 e. The molecule has 0 bridgehead atoms. The Bertz CT molecular complexity index is 192. The molecule has 0 amide bonds. The number of hydrogen-bond donors (Lipinski definition) is 1. The van der Waals surface area contributed by atoms with Gasteiger partial charge in [-0.3, -0.25) is 0 Å². The lowest BCUT2D eigenvalue weighted by Crippen LogP contribution is -2.31. The first kappa shape index (κ1) is 13.9. The second-order valence-corrected chi connectivity index (χ2v) is 5.71. The maximum Gasteiger partial charge on any atom is 0.0707 e. The standard InChI is InChI=1S/C13H27NO2/c1-11(2)10-15-8-7-14-9-12-5-6-13(3,4)16-12/h11-12,14H,5-10H2,1-4H3. The molecule has 0 aromatic rings. The third-order valence-corrected chi connectivity index (χ3v) is 2.80. The first-order valence-corrected chi connectivity index (χ1v) is 6.46. The lowest BCUT2D eigenvalue weighted by molar-refractivity contribution is -0.0148. The molecule has 16 heavy (non-hydrogen) atoms. The quantitative estimate of drug-likeness (QED) is 0.679. The predicted molar refractivity (Wildman–Crippen MR) is 66.7 cm³/mol. The molecule has 1 aliphatic heterocycles. The van der Waals surface area contributed by atoms with Crippen molar-refractivity contribution in [3.63, 3.8) is 0 Å². The van der Waals surface area contributed by atoms with E-state index in [-0.39, 0.29) is 5.60 Å². The van der Waals surface area contributed by atoms with Crippen LogP contribution in [0.5, 0.6) is 0 Å². The molecule has 1 atom stereocenters. The molecule has 96 valence electrons. The molecule has 0 radical (unpaired) electrons. The molecular formula is C13H27NO2. The van der Waals surface area contributed by atoms with Gasteiger partial charge in [0.15, 0.2) is 0 Å². The SMILES string of the molecule is CC(C)COCCNCC1CCC(C)(C)O1. The number of nitrogens with one attached hydrogen (secondary N) is 1. The summed E-state index contributed by atoms with van der Waals surface area (Å²) in [6.07, 6.45) is 2.73. The second kappa shape index (κ2) is 6.58. The van der Waals surface area contributed by atoms with Gasteiger partial charge in [0, 0.05) is 19.7 Å². The van der Waals surface area contributed by atoms with E-state index in [1.807, 2.05) is 0 Å². The minimum atomic E-state index is 0.0838. The van der Waals surface area contributed by atoms with Crippen molar-refractivity contribution >= 4 is 0 Å². The topological polar surface area (TPSA) is 30.5 Å². The van der Waals surface area contributed by atoms with Gasteiger partial charge in [0.2, 0.25) is 0 Å². The molecule has 3 heteroatoms. The fourth-order valence-electron chi connectivity index (χ4n) is 1.95. The Hall–Kier alpha value is -0.120. The van der Waals surface area contributed by atoms with Gasteiger partial charge in [0.1, 0.15) is 0 Å². The molecule has 1 heterocycles. The van der Waals surface area contributed by atoms with Crippen LogP contribution in [0.1, 0.15) is 40.5 Å². The van der Waals surface area contributed by atoms with Crippen LogP contribution in [-0.4, -0.2) is 38.0 Å². The van der Waals surface area contributed by atoms with Crippen LogP contribution in [0.25, 0.3) is 0 Å². The lowest BCUT2D eigenvalue weighted by Gasteiger charge is -2.19. The van der Waals surface area contributed by atoms with Gasteiger partial charge in [0.05, 0.1) is 18.3 Å². The van der Waals surface area contributed by atoms with E-state index in [0.717, 1.165) is 26.3 Å². The van der Waals surface area contributed by atoms with Crippen LogP contribution in [0.4, 0.5) is 0 Å². The Labute approximate surface area is 99.9 Å². The number of hydrogen-bond acceptors (Lipinski definition) is 3. The highest BCUT2D eigenvalue weighted by Crippen LogP contribution is 2.28. The summed E-state index contributed by atoms with van der Waals surface area (Å²) < 4.78 is 11.4. The molecule has 0 aromatic heterocycles. The van der Waals surface area contributed by atoms with Gasteiger partial charge in [-0.25, -0.2) is 0 Å². The van der Waals surface area contributed by atoms with Crippen molar-refractivity contribution < 1.29 is 9.47 Å². The van der Waals surface area contributed by atoms with E-state index in [4.69, 9.17) is 9.47 Å². The van der Waals surface area contributed by atoms with E-state index in [2.05, 4.69) is 33.0 Å². The van der Waals surface area contributed by atoms with Crippen LogP contribution >= 0.6 is 0 Å². The molecule has 1 saturated heterocycles. The van der Waals surface area contributed by atoms with Crippen LogP contribution in [0, 0.1) is 5.92 Å². The summed E-state index contributed by atoms with van der Waals surface area (Å²) in [4.78, 5) is 0. The van der Waals surface area contributed by atoms with Crippen LogP contribution in [-0.2, 0) is 9.47 Å². The smallest absolute Gasteiger partial charge is 0.0707 e. The Morgan fingerprint density at radius 1 is 1.44 bits per heavy atom. The number of ether oxygens (including phenoxy) is 2. The molecule has 0 aromatic carbocycles. The molecule has 3 nitrogen and oxygen atoms in total. The van der Waals surface area contributed by atoms with Gasteiger partial charge in [-0.2, -0.15) is 0 Å². The first-order chi connectivity index (χ1) is 7.49. The Balaban J connectivity index is 1.92. The minimum Gasteiger partial charge on any atom is -0.380 e.